The molecule has 0 bridgehead atoms. The number of halogens is 1. The van der Waals surface area contributed by atoms with Crippen LogP contribution in [0.4, 0.5) is 4.39 Å². The molecule has 2 heteroatoms. The van der Waals surface area contributed by atoms with Gasteiger partial charge in [-0.1, -0.05) is 84.9 Å². The number of nitrogens with zero attached hydrogens (tertiary/aromatic N) is 1. The fourth-order valence-electron chi connectivity index (χ4n) is 2.78. The fraction of sp³-hybridized carbons (Fsp3) is 0.130. The second kappa shape index (κ2) is 8.95. The zero-order valence-electron chi connectivity index (χ0n) is 14.2. The highest BCUT2D eigenvalue weighted by Gasteiger charge is 2.05. The summed E-state index contributed by atoms with van der Waals surface area (Å²) in [7, 11) is 0. The Balaban J connectivity index is 1.68. The molecule has 0 aliphatic carbocycles. The van der Waals surface area contributed by atoms with Crippen LogP contribution in [0.25, 0.3) is 6.08 Å². The van der Waals surface area contributed by atoms with Gasteiger partial charge < -0.3 is 0 Å². The molecule has 3 aromatic rings. The fourth-order valence-corrected chi connectivity index (χ4v) is 2.78. The van der Waals surface area contributed by atoms with Crippen molar-refractivity contribution in [2.24, 2.45) is 0 Å². The first-order chi connectivity index (χ1) is 12.3. The van der Waals surface area contributed by atoms with Gasteiger partial charge in [0.25, 0.3) is 0 Å². The maximum atomic E-state index is 13.0. The van der Waals surface area contributed by atoms with Gasteiger partial charge in [-0.25, -0.2) is 4.39 Å². The number of benzene rings is 3. The van der Waals surface area contributed by atoms with Crippen LogP contribution >= 0.6 is 0 Å². The van der Waals surface area contributed by atoms with Crippen molar-refractivity contribution < 1.29 is 4.39 Å². The van der Waals surface area contributed by atoms with Gasteiger partial charge in [0.05, 0.1) is 0 Å². The Hall–Kier alpha value is -2.71. The van der Waals surface area contributed by atoms with Gasteiger partial charge in [-0.15, -0.1) is 0 Å². The first-order valence-corrected chi connectivity index (χ1v) is 8.52. The smallest absolute Gasteiger partial charge is 0.123 e. The van der Waals surface area contributed by atoms with E-state index in [2.05, 4.69) is 59.5 Å². The van der Waals surface area contributed by atoms with E-state index in [0.29, 0.717) is 0 Å². The topological polar surface area (TPSA) is 3.24 Å². The zero-order chi connectivity index (χ0) is 17.3. The van der Waals surface area contributed by atoms with Crippen LogP contribution in [0, 0.1) is 5.82 Å². The molecule has 0 fully saturated rings. The Morgan fingerprint density at radius 2 is 1.20 bits per heavy atom. The van der Waals surface area contributed by atoms with Crippen LogP contribution in [-0.4, -0.2) is 11.4 Å². The van der Waals surface area contributed by atoms with Gasteiger partial charge in [0.1, 0.15) is 5.82 Å². The minimum Gasteiger partial charge on any atom is -0.291 e. The molecule has 3 aromatic carbocycles. The summed E-state index contributed by atoms with van der Waals surface area (Å²) in [4.78, 5) is 2.39. The summed E-state index contributed by atoms with van der Waals surface area (Å²) in [6.45, 7) is 2.62. The van der Waals surface area contributed by atoms with Crippen molar-refractivity contribution in [2.75, 3.05) is 6.54 Å². The van der Waals surface area contributed by atoms with Crippen LogP contribution in [0.2, 0.25) is 0 Å². The predicted octanol–water partition coefficient (Wildman–Crippen LogP) is 5.54. The van der Waals surface area contributed by atoms with Crippen LogP contribution in [0.1, 0.15) is 16.7 Å². The first-order valence-electron chi connectivity index (χ1n) is 8.52. The van der Waals surface area contributed by atoms with E-state index in [0.717, 1.165) is 25.2 Å². The van der Waals surface area contributed by atoms with Gasteiger partial charge >= 0.3 is 0 Å². The summed E-state index contributed by atoms with van der Waals surface area (Å²) in [5.41, 5.74) is 3.61. The lowest BCUT2D eigenvalue weighted by atomic mass is 10.1. The summed E-state index contributed by atoms with van der Waals surface area (Å²) in [5, 5.41) is 0. The summed E-state index contributed by atoms with van der Waals surface area (Å²) in [6, 6.07) is 27.6. The number of hydrogen-bond acceptors (Lipinski definition) is 1. The van der Waals surface area contributed by atoms with Crippen molar-refractivity contribution in [3.63, 3.8) is 0 Å². The Morgan fingerprint density at radius 3 is 1.72 bits per heavy atom. The highest BCUT2D eigenvalue weighted by atomic mass is 19.1. The Labute approximate surface area is 149 Å². The highest BCUT2D eigenvalue weighted by molar-refractivity contribution is 5.49. The van der Waals surface area contributed by atoms with Crippen molar-refractivity contribution in [3.8, 4) is 0 Å². The number of hydrogen-bond donors (Lipinski definition) is 0. The molecular formula is C23H22FN. The van der Waals surface area contributed by atoms with Gasteiger partial charge in [-0.3, -0.25) is 4.90 Å². The van der Waals surface area contributed by atoms with Crippen LogP contribution < -0.4 is 0 Å². The predicted molar refractivity (Wildman–Crippen MR) is 102 cm³/mol. The van der Waals surface area contributed by atoms with Gasteiger partial charge in [0.2, 0.25) is 0 Å². The molecule has 1 nitrogen and oxygen atoms in total. The molecule has 0 spiro atoms. The van der Waals surface area contributed by atoms with E-state index in [1.165, 1.54) is 23.3 Å². The van der Waals surface area contributed by atoms with E-state index in [1.54, 1.807) is 12.1 Å². The average molecular weight is 331 g/mol. The molecule has 0 aromatic heterocycles. The van der Waals surface area contributed by atoms with E-state index < -0.39 is 0 Å². The molecule has 0 aliphatic heterocycles. The average Bonchev–Trinajstić information content (AvgIpc) is 2.65. The van der Waals surface area contributed by atoms with E-state index >= 15 is 0 Å². The third kappa shape index (κ3) is 5.70. The van der Waals surface area contributed by atoms with Crippen LogP contribution in [-0.2, 0) is 13.1 Å². The van der Waals surface area contributed by atoms with Crippen molar-refractivity contribution in [3.05, 3.63) is 114 Å². The zero-order valence-corrected chi connectivity index (χ0v) is 14.2. The highest BCUT2D eigenvalue weighted by Crippen LogP contribution is 2.11. The van der Waals surface area contributed by atoms with E-state index in [4.69, 9.17) is 0 Å². The number of rotatable bonds is 7. The molecule has 0 radical (unpaired) electrons. The monoisotopic (exact) mass is 331 g/mol. The third-order valence-electron chi connectivity index (χ3n) is 4.04. The molecule has 0 saturated heterocycles. The van der Waals surface area contributed by atoms with Crippen molar-refractivity contribution in [1.82, 2.24) is 4.90 Å². The van der Waals surface area contributed by atoms with Crippen LogP contribution in [0.5, 0.6) is 0 Å². The summed E-state index contributed by atoms with van der Waals surface area (Å²) in [5.74, 6) is -0.202. The minimum absolute atomic E-state index is 0.202. The Bertz CT molecular complexity index is 738. The molecule has 126 valence electrons. The van der Waals surface area contributed by atoms with E-state index in [9.17, 15) is 4.39 Å². The SMILES string of the molecule is Fc1ccc(/C=C\CN(Cc2ccccc2)Cc2ccccc2)cc1. The maximum Gasteiger partial charge on any atom is 0.123 e. The Morgan fingerprint density at radius 1 is 0.680 bits per heavy atom. The van der Waals surface area contributed by atoms with E-state index in [-0.39, 0.29) is 5.82 Å². The van der Waals surface area contributed by atoms with Crippen molar-refractivity contribution >= 4 is 6.08 Å². The molecule has 0 atom stereocenters. The van der Waals surface area contributed by atoms with Crippen molar-refractivity contribution in [2.45, 2.75) is 13.1 Å². The maximum absolute atomic E-state index is 13.0. The van der Waals surface area contributed by atoms with Gasteiger partial charge in [0, 0.05) is 19.6 Å². The minimum atomic E-state index is -0.202. The Kier molecular flexibility index (Phi) is 6.13. The van der Waals surface area contributed by atoms with Crippen LogP contribution in [0.3, 0.4) is 0 Å². The standard InChI is InChI=1S/C23H22FN/c24-23-15-13-20(14-16-23)12-7-17-25(18-21-8-3-1-4-9-21)19-22-10-5-2-6-11-22/h1-16H,17-19H2/b12-7-. The second-order valence-corrected chi connectivity index (χ2v) is 6.09. The molecule has 0 unspecified atom stereocenters. The van der Waals surface area contributed by atoms with E-state index in [1.807, 2.05) is 18.2 Å². The summed E-state index contributed by atoms with van der Waals surface area (Å²) in [6.07, 6.45) is 4.18. The first kappa shape index (κ1) is 17.1. The van der Waals surface area contributed by atoms with Gasteiger partial charge in [-0.05, 0) is 28.8 Å². The normalized spacial score (nSPS) is 11.3. The van der Waals surface area contributed by atoms with Gasteiger partial charge in [0.15, 0.2) is 0 Å². The quantitative estimate of drug-likeness (QED) is 0.549. The molecule has 0 saturated carbocycles. The third-order valence-corrected chi connectivity index (χ3v) is 4.04. The molecule has 0 amide bonds. The molecule has 3 rings (SSSR count). The lowest BCUT2D eigenvalue weighted by molar-refractivity contribution is 0.286. The summed E-state index contributed by atoms with van der Waals surface area (Å²) < 4.78 is 13.0. The lowest BCUT2D eigenvalue weighted by Gasteiger charge is -2.21. The lowest BCUT2D eigenvalue weighted by Crippen LogP contribution is -2.22. The second-order valence-electron chi connectivity index (χ2n) is 6.09. The summed E-state index contributed by atoms with van der Waals surface area (Å²) >= 11 is 0. The molecule has 25 heavy (non-hydrogen) atoms. The van der Waals surface area contributed by atoms with Crippen LogP contribution in [0.15, 0.2) is 91.0 Å². The molecular weight excluding hydrogens is 309 g/mol. The molecule has 0 N–H and O–H groups in total. The van der Waals surface area contributed by atoms with Gasteiger partial charge in [-0.2, -0.15) is 0 Å². The molecule has 0 heterocycles. The largest absolute Gasteiger partial charge is 0.291 e. The molecule has 0 aliphatic rings. The van der Waals surface area contributed by atoms with Crippen molar-refractivity contribution in [1.29, 1.82) is 0 Å².